The molecular formula is C36H56O9. The molecule has 10 unspecified atom stereocenters. The highest BCUT2D eigenvalue weighted by Gasteiger charge is 2.83. The SMILES string of the molecule is C=C(C)C1(O)CC(C)C2(O)C(C1OC(=O)C=CCCCCCCCCCCCCC)C1OC1(CO)C(O)C1(O)C(=O)C(C)=CC12. The molecule has 1 aliphatic heterocycles. The lowest BCUT2D eigenvalue weighted by molar-refractivity contribution is -0.252. The van der Waals surface area contributed by atoms with Crippen LogP contribution in [0.1, 0.15) is 111 Å². The van der Waals surface area contributed by atoms with Crippen molar-refractivity contribution in [2.75, 3.05) is 6.61 Å². The minimum atomic E-state index is -2.47. The van der Waals surface area contributed by atoms with E-state index >= 15 is 0 Å². The van der Waals surface area contributed by atoms with Crippen molar-refractivity contribution in [3.05, 3.63) is 36.0 Å². The second kappa shape index (κ2) is 14.1. The predicted octanol–water partition coefficient (Wildman–Crippen LogP) is 4.23. The second-order valence-corrected chi connectivity index (χ2v) is 14.3. The highest BCUT2D eigenvalue weighted by molar-refractivity contribution is 6.05. The van der Waals surface area contributed by atoms with Crippen LogP contribution in [0, 0.1) is 17.8 Å². The molecule has 10 atom stereocenters. The summed E-state index contributed by atoms with van der Waals surface area (Å²) in [5.74, 6) is -4.73. The van der Waals surface area contributed by atoms with E-state index in [4.69, 9.17) is 9.47 Å². The lowest BCUT2D eigenvalue weighted by Crippen LogP contribution is -2.71. The molecule has 45 heavy (non-hydrogen) atoms. The molecule has 5 N–H and O–H groups in total. The summed E-state index contributed by atoms with van der Waals surface area (Å²) in [6, 6.07) is 0. The molecule has 0 amide bonds. The van der Waals surface area contributed by atoms with Crippen LogP contribution in [0.25, 0.3) is 0 Å². The van der Waals surface area contributed by atoms with Crippen LogP contribution in [0.5, 0.6) is 0 Å². The first-order chi connectivity index (χ1) is 21.3. The van der Waals surface area contributed by atoms with Gasteiger partial charge in [-0.15, -0.1) is 0 Å². The van der Waals surface area contributed by atoms with Gasteiger partial charge in [-0.3, -0.25) is 4.79 Å². The lowest BCUT2D eigenvalue weighted by atomic mass is 9.54. The van der Waals surface area contributed by atoms with Gasteiger partial charge in [0.25, 0.3) is 0 Å². The van der Waals surface area contributed by atoms with Crippen molar-refractivity contribution in [1.29, 1.82) is 0 Å². The number of epoxide rings is 1. The third-order valence-corrected chi connectivity index (χ3v) is 11.3. The summed E-state index contributed by atoms with van der Waals surface area (Å²) in [4.78, 5) is 26.5. The molecule has 3 aliphatic carbocycles. The molecule has 254 valence electrons. The standard InChI is InChI=1S/C36H56O9/c1-6-7-8-9-10-11-12-13-14-15-16-17-18-19-27(38)44-30-28-31-34(22-37,45-31)32(40)36(43)26(20-24(4)29(36)39)35(28,42)25(5)21-33(30,41)23(2)3/h18-20,25-26,28,30-32,37,40-43H,2,6-17,21-22H2,1,3-5H3. The number of aliphatic hydroxyl groups excluding tert-OH is 2. The van der Waals surface area contributed by atoms with E-state index in [1.54, 1.807) is 19.9 Å². The number of hydrogen-bond acceptors (Lipinski definition) is 9. The zero-order valence-corrected chi connectivity index (χ0v) is 27.7. The van der Waals surface area contributed by atoms with E-state index in [1.165, 1.54) is 70.4 Å². The Hall–Kier alpha value is -1.88. The normalized spacial score (nSPS) is 40.4. The summed E-state index contributed by atoms with van der Waals surface area (Å²) in [7, 11) is 0. The number of hydrogen-bond donors (Lipinski definition) is 5. The van der Waals surface area contributed by atoms with Gasteiger partial charge < -0.3 is 35.0 Å². The van der Waals surface area contributed by atoms with Gasteiger partial charge in [0.15, 0.2) is 11.4 Å². The first-order valence-corrected chi connectivity index (χ1v) is 17.2. The number of unbranched alkanes of at least 4 members (excludes halogenated alkanes) is 11. The van der Waals surface area contributed by atoms with E-state index in [1.807, 2.05) is 0 Å². The van der Waals surface area contributed by atoms with Gasteiger partial charge in [0, 0.05) is 12.0 Å². The predicted molar refractivity (Wildman–Crippen MR) is 170 cm³/mol. The Balaban J connectivity index is 1.46. The van der Waals surface area contributed by atoms with Crippen LogP contribution >= 0.6 is 0 Å². The molecule has 0 aromatic carbocycles. The average Bonchev–Trinajstić information content (AvgIpc) is 3.69. The van der Waals surface area contributed by atoms with Crippen LogP contribution in [-0.4, -0.2) is 84.6 Å². The van der Waals surface area contributed by atoms with Crippen LogP contribution in [0.4, 0.5) is 0 Å². The van der Waals surface area contributed by atoms with Gasteiger partial charge in [0.05, 0.1) is 18.1 Å². The molecule has 4 aliphatic rings. The van der Waals surface area contributed by atoms with Gasteiger partial charge in [-0.2, -0.15) is 0 Å². The number of fused-ring (bicyclic) bond motifs is 5. The van der Waals surface area contributed by atoms with E-state index in [9.17, 15) is 35.1 Å². The molecule has 0 aromatic heterocycles. The molecule has 0 bridgehead atoms. The number of ketones is 1. The van der Waals surface area contributed by atoms with Crippen molar-refractivity contribution in [2.24, 2.45) is 17.8 Å². The highest BCUT2D eigenvalue weighted by atomic mass is 16.6. The monoisotopic (exact) mass is 632 g/mol. The quantitative estimate of drug-likeness (QED) is 0.0552. The number of carbonyl (C=O) groups is 2. The Labute approximate surface area is 268 Å². The van der Waals surface area contributed by atoms with Gasteiger partial charge in [-0.25, -0.2) is 4.79 Å². The zero-order valence-electron chi connectivity index (χ0n) is 27.7. The van der Waals surface area contributed by atoms with E-state index in [0.717, 1.165) is 19.3 Å². The number of esters is 1. The van der Waals surface area contributed by atoms with Gasteiger partial charge in [0.2, 0.25) is 0 Å². The Morgan fingerprint density at radius 2 is 1.64 bits per heavy atom. The second-order valence-electron chi connectivity index (χ2n) is 14.3. The summed E-state index contributed by atoms with van der Waals surface area (Å²) in [5, 5.41) is 58.2. The van der Waals surface area contributed by atoms with Crippen molar-refractivity contribution >= 4 is 11.8 Å². The van der Waals surface area contributed by atoms with Gasteiger partial charge in [-0.1, -0.05) is 96.8 Å². The molecule has 0 spiro atoms. The Morgan fingerprint density at radius 3 is 2.20 bits per heavy atom. The molecule has 4 rings (SSSR count). The van der Waals surface area contributed by atoms with Gasteiger partial charge in [0.1, 0.15) is 29.5 Å². The molecule has 1 heterocycles. The number of Topliss-reactive ketones (excluding diaryl/α,β-unsaturated/α-hetero) is 1. The van der Waals surface area contributed by atoms with Crippen molar-refractivity contribution in [1.82, 2.24) is 0 Å². The molecule has 2 saturated carbocycles. The molecule has 9 nitrogen and oxygen atoms in total. The largest absolute Gasteiger partial charge is 0.455 e. The number of carbonyl (C=O) groups excluding carboxylic acids is 2. The first-order valence-electron chi connectivity index (χ1n) is 17.2. The topological polar surface area (TPSA) is 157 Å². The minimum Gasteiger partial charge on any atom is -0.455 e. The lowest BCUT2D eigenvalue weighted by Gasteiger charge is -2.57. The maximum Gasteiger partial charge on any atom is 0.330 e. The van der Waals surface area contributed by atoms with Crippen LogP contribution in [-0.2, 0) is 19.1 Å². The average molecular weight is 633 g/mol. The molecular weight excluding hydrogens is 576 g/mol. The van der Waals surface area contributed by atoms with E-state index < -0.39 is 76.8 Å². The molecule has 9 heteroatoms. The number of ether oxygens (including phenoxy) is 2. The molecule has 3 fully saturated rings. The van der Waals surface area contributed by atoms with E-state index in [-0.39, 0.29) is 12.0 Å². The fraction of sp³-hybridized carbons (Fsp3) is 0.778. The van der Waals surface area contributed by atoms with E-state index in [2.05, 4.69) is 13.5 Å². The third-order valence-electron chi connectivity index (χ3n) is 11.3. The van der Waals surface area contributed by atoms with Crippen LogP contribution < -0.4 is 0 Å². The van der Waals surface area contributed by atoms with Crippen molar-refractivity contribution in [3.8, 4) is 0 Å². The summed E-state index contributed by atoms with van der Waals surface area (Å²) >= 11 is 0. The van der Waals surface area contributed by atoms with Gasteiger partial charge in [-0.05, 0) is 50.2 Å². The zero-order chi connectivity index (χ0) is 33.2. The Bertz CT molecular complexity index is 1160. The summed E-state index contributed by atoms with van der Waals surface area (Å²) in [5.41, 5.74) is -7.53. The number of rotatable bonds is 16. The summed E-state index contributed by atoms with van der Waals surface area (Å²) < 4.78 is 11.8. The first kappa shape index (κ1) is 36.0. The number of aliphatic hydroxyl groups is 5. The summed E-state index contributed by atoms with van der Waals surface area (Å²) in [6.07, 6.45) is 14.2. The fourth-order valence-electron chi connectivity index (χ4n) is 8.46. The molecule has 1 saturated heterocycles. The summed E-state index contributed by atoms with van der Waals surface area (Å²) in [6.45, 7) is 10.2. The molecule has 0 radical (unpaired) electrons. The molecule has 0 aromatic rings. The fourth-order valence-corrected chi connectivity index (χ4v) is 8.46. The Morgan fingerprint density at radius 1 is 1.07 bits per heavy atom. The Kier molecular flexibility index (Phi) is 11.3. The van der Waals surface area contributed by atoms with Gasteiger partial charge >= 0.3 is 5.97 Å². The van der Waals surface area contributed by atoms with Crippen molar-refractivity contribution < 1.29 is 44.6 Å². The smallest absolute Gasteiger partial charge is 0.330 e. The van der Waals surface area contributed by atoms with Crippen LogP contribution in [0.3, 0.4) is 0 Å². The highest BCUT2D eigenvalue weighted by Crippen LogP contribution is 2.65. The van der Waals surface area contributed by atoms with Crippen LogP contribution in [0.2, 0.25) is 0 Å². The van der Waals surface area contributed by atoms with E-state index in [0.29, 0.717) is 12.0 Å². The van der Waals surface area contributed by atoms with Crippen LogP contribution in [0.15, 0.2) is 36.0 Å². The number of allylic oxidation sites excluding steroid dienone is 1. The minimum absolute atomic E-state index is 0.0850. The maximum atomic E-state index is 13.3. The third kappa shape index (κ3) is 6.25. The maximum absolute atomic E-state index is 13.3. The van der Waals surface area contributed by atoms with Crippen molar-refractivity contribution in [2.45, 2.75) is 152 Å². The van der Waals surface area contributed by atoms with Crippen molar-refractivity contribution in [3.63, 3.8) is 0 Å².